The van der Waals surface area contributed by atoms with Crippen molar-refractivity contribution in [1.29, 1.82) is 5.26 Å². The third kappa shape index (κ3) is 2.75. The first-order chi connectivity index (χ1) is 8.20. The molecule has 1 unspecified atom stereocenters. The van der Waals surface area contributed by atoms with Crippen LogP contribution < -0.4 is 4.74 Å². The highest BCUT2D eigenvalue weighted by Crippen LogP contribution is 2.20. The van der Waals surface area contributed by atoms with Crippen molar-refractivity contribution in [2.75, 3.05) is 20.2 Å². The third-order valence-corrected chi connectivity index (χ3v) is 3.16. The van der Waals surface area contributed by atoms with Gasteiger partial charge in [0.1, 0.15) is 6.61 Å². The van der Waals surface area contributed by atoms with Gasteiger partial charge in [-0.1, -0.05) is 0 Å². The zero-order valence-electron chi connectivity index (χ0n) is 9.82. The number of likely N-dealkylation sites (N-methyl/N-ethyl adjacent to an activating group) is 1. The van der Waals surface area contributed by atoms with E-state index in [1.165, 1.54) is 18.6 Å². The van der Waals surface area contributed by atoms with Crippen LogP contribution in [0.2, 0.25) is 0 Å². The molecular weight excluding hydrogens is 219 g/mol. The minimum absolute atomic E-state index is 0.226. The Morgan fingerprint density at radius 3 is 3.00 bits per heavy atom. The van der Waals surface area contributed by atoms with Gasteiger partial charge in [0.15, 0.2) is 11.6 Å². The molecule has 1 heterocycles. The Kier molecular flexibility index (Phi) is 3.60. The average molecular weight is 234 g/mol. The standard InChI is InChI=1S/C13H15FN2O/c1-16-6-2-3-11(16)9-17-13-5-4-10(8-15)7-12(13)14/h4-5,7,11H,2-3,6,9H2,1H3. The third-order valence-electron chi connectivity index (χ3n) is 3.16. The van der Waals surface area contributed by atoms with E-state index in [2.05, 4.69) is 11.9 Å². The van der Waals surface area contributed by atoms with E-state index in [0.29, 0.717) is 18.2 Å². The quantitative estimate of drug-likeness (QED) is 0.804. The largest absolute Gasteiger partial charge is 0.489 e. The van der Waals surface area contributed by atoms with Crippen LogP contribution in [0.5, 0.6) is 5.75 Å². The van der Waals surface area contributed by atoms with Crippen molar-refractivity contribution in [3.05, 3.63) is 29.6 Å². The van der Waals surface area contributed by atoms with Crippen molar-refractivity contribution in [1.82, 2.24) is 4.90 Å². The maximum Gasteiger partial charge on any atom is 0.166 e. The molecule has 1 atom stereocenters. The summed E-state index contributed by atoms with van der Waals surface area (Å²) >= 11 is 0. The molecule has 1 aliphatic heterocycles. The van der Waals surface area contributed by atoms with Gasteiger partial charge in [0, 0.05) is 6.04 Å². The summed E-state index contributed by atoms with van der Waals surface area (Å²) in [5.74, 6) is -0.242. The van der Waals surface area contributed by atoms with Crippen LogP contribution in [0.3, 0.4) is 0 Å². The molecule has 17 heavy (non-hydrogen) atoms. The molecule has 0 aliphatic carbocycles. The van der Waals surface area contributed by atoms with Crippen molar-refractivity contribution >= 4 is 0 Å². The van der Waals surface area contributed by atoms with Crippen molar-refractivity contribution in [2.45, 2.75) is 18.9 Å². The zero-order valence-corrected chi connectivity index (χ0v) is 9.82. The molecule has 3 nitrogen and oxygen atoms in total. The first-order valence-electron chi connectivity index (χ1n) is 5.73. The number of ether oxygens (including phenoxy) is 1. The van der Waals surface area contributed by atoms with Gasteiger partial charge in [-0.05, 0) is 44.6 Å². The Hall–Kier alpha value is -1.60. The Morgan fingerprint density at radius 2 is 2.41 bits per heavy atom. The molecule has 0 aromatic heterocycles. The van der Waals surface area contributed by atoms with E-state index < -0.39 is 5.82 Å². The molecule has 1 saturated heterocycles. The van der Waals surface area contributed by atoms with E-state index in [1.54, 1.807) is 6.07 Å². The first-order valence-corrected chi connectivity index (χ1v) is 5.73. The smallest absolute Gasteiger partial charge is 0.166 e. The topological polar surface area (TPSA) is 36.3 Å². The summed E-state index contributed by atoms with van der Waals surface area (Å²) in [6.45, 7) is 1.57. The van der Waals surface area contributed by atoms with Crippen LogP contribution in [-0.4, -0.2) is 31.1 Å². The highest BCUT2D eigenvalue weighted by atomic mass is 19.1. The second kappa shape index (κ2) is 5.15. The fraction of sp³-hybridized carbons (Fsp3) is 0.462. The maximum atomic E-state index is 13.5. The maximum absolute atomic E-state index is 13.5. The first kappa shape index (κ1) is 11.9. The highest BCUT2D eigenvalue weighted by molar-refractivity contribution is 5.35. The molecule has 0 spiro atoms. The number of halogens is 1. The summed E-state index contributed by atoms with van der Waals surface area (Å²) in [6.07, 6.45) is 2.26. The Labute approximate surface area is 100 Å². The molecule has 4 heteroatoms. The lowest BCUT2D eigenvalue weighted by molar-refractivity contribution is 0.193. The summed E-state index contributed by atoms with van der Waals surface area (Å²) in [6, 6.07) is 6.55. The van der Waals surface area contributed by atoms with Gasteiger partial charge in [0.25, 0.3) is 0 Å². The van der Waals surface area contributed by atoms with Gasteiger partial charge in [0.05, 0.1) is 11.6 Å². The van der Waals surface area contributed by atoms with Crippen LogP contribution in [0, 0.1) is 17.1 Å². The van der Waals surface area contributed by atoms with E-state index in [0.717, 1.165) is 13.0 Å². The second-order valence-corrected chi connectivity index (χ2v) is 4.34. The molecule has 90 valence electrons. The molecule has 1 aromatic carbocycles. The summed E-state index contributed by atoms with van der Waals surface area (Å²) < 4.78 is 19.0. The molecule has 1 fully saturated rings. The van der Waals surface area contributed by atoms with Crippen LogP contribution in [0.1, 0.15) is 18.4 Å². The van der Waals surface area contributed by atoms with Gasteiger partial charge in [0.2, 0.25) is 0 Å². The molecule has 1 aromatic rings. The van der Waals surface area contributed by atoms with Crippen molar-refractivity contribution in [3.63, 3.8) is 0 Å². The average Bonchev–Trinajstić information content (AvgIpc) is 2.73. The molecule has 2 rings (SSSR count). The molecular formula is C13H15FN2O. The Morgan fingerprint density at radius 1 is 1.59 bits per heavy atom. The normalized spacial score (nSPS) is 20.2. The van der Waals surface area contributed by atoms with Crippen LogP contribution in [0.25, 0.3) is 0 Å². The number of nitrogens with zero attached hydrogens (tertiary/aromatic N) is 2. The number of hydrogen-bond acceptors (Lipinski definition) is 3. The SMILES string of the molecule is CN1CCCC1COc1ccc(C#N)cc1F. The van der Waals surface area contributed by atoms with E-state index in [1.807, 2.05) is 6.07 Å². The fourth-order valence-electron chi connectivity index (χ4n) is 2.06. The minimum Gasteiger partial charge on any atom is -0.489 e. The van der Waals surface area contributed by atoms with Crippen LogP contribution in [0.15, 0.2) is 18.2 Å². The van der Waals surface area contributed by atoms with Crippen LogP contribution in [0.4, 0.5) is 4.39 Å². The molecule has 1 aliphatic rings. The summed E-state index contributed by atoms with van der Waals surface area (Å²) in [4.78, 5) is 2.22. The number of nitriles is 1. The van der Waals surface area contributed by atoms with Gasteiger partial charge in [-0.3, -0.25) is 0 Å². The van der Waals surface area contributed by atoms with E-state index in [9.17, 15) is 4.39 Å². The summed E-state index contributed by atoms with van der Waals surface area (Å²) in [7, 11) is 2.05. The number of benzene rings is 1. The van der Waals surface area contributed by atoms with Crippen LogP contribution >= 0.6 is 0 Å². The van der Waals surface area contributed by atoms with E-state index in [-0.39, 0.29) is 5.75 Å². The van der Waals surface area contributed by atoms with Crippen molar-refractivity contribution in [3.8, 4) is 11.8 Å². The summed E-state index contributed by atoms with van der Waals surface area (Å²) in [5.41, 5.74) is 0.313. The predicted molar refractivity (Wildman–Crippen MR) is 62.3 cm³/mol. The van der Waals surface area contributed by atoms with Crippen molar-refractivity contribution < 1.29 is 9.13 Å². The molecule has 0 N–H and O–H groups in total. The van der Waals surface area contributed by atoms with Crippen LogP contribution in [-0.2, 0) is 0 Å². The molecule has 0 radical (unpaired) electrons. The number of hydrogen-bond donors (Lipinski definition) is 0. The van der Waals surface area contributed by atoms with Gasteiger partial charge in [-0.15, -0.1) is 0 Å². The minimum atomic E-state index is -0.468. The van der Waals surface area contributed by atoms with Gasteiger partial charge in [-0.2, -0.15) is 5.26 Å². The molecule has 0 amide bonds. The predicted octanol–water partition coefficient (Wildman–Crippen LogP) is 2.17. The van der Waals surface area contributed by atoms with Gasteiger partial charge >= 0.3 is 0 Å². The monoisotopic (exact) mass is 234 g/mol. The van der Waals surface area contributed by atoms with E-state index in [4.69, 9.17) is 10.00 Å². The zero-order chi connectivity index (χ0) is 12.3. The lowest BCUT2D eigenvalue weighted by Crippen LogP contribution is -2.30. The second-order valence-electron chi connectivity index (χ2n) is 4.34. The highest BCUT2D eigenvalue weighted by Gasteiger charge is 2.21. The fourth-order valence-corrected chi connectivity index (χ4v) is 2.06. The summed E-state index contributed by atoms with van der Waals surface area (Å²) in [5, 5.41) is 8.63. The molecule has 0 saturated carbocycles. The Bertz CT molecular complexity index is 442. The lowest BCUT2D eigenvalue weighted by Gasteiger charge is -2.19. The number of likely N-dealkylation sites (tertiary alicyclic amines) is 1. The Balaban J connectivity index is 1.97. The number of rotatable bonds is 3. The van der Waals surface area contributed by atoms with Crippen molar-refractivity contribution in [2.24, 2.45) is 0 Å². The van der Waals surface area contributed by atoms with E-state index >= 15 is 0 Å². The van der Waals surface area contributed by atoms with Gasteiger partial charge < -0.3 is 9.64 Å². The lowest BCUT2D eigenvalue weighted by atomic mass is 10.2. The van der Waals surface area contributed by atoms with Gasteiger partial charge in [-0.25, -0.2) is 4.39 Å². The molecule has 0 bridgehead atoms.